The number of piperazine rings is 1. The van der Waals surface area contributed by atoms with Gasteiger partial charge in [0, 0.05) is 37.1 Å². The van der Waals surface area contributed by atoms with Gasteiger partial charge in [-0.25, -0.2) is 0 Å². The Labute approximate surface area is 181 Å². The number of hydrogen-bond donors (Lipinski definition) is 1. The van der Waals surface area contributed by atoms with E-state index in [1.54, 1.807) is 6.07 Å². The molecule has 1 saturated heterocycles. The van der Waals surface area contributed by atoms with Crippen LogP contribution >= 0.6 is 0 Å². The molecule has 0 aliphatic carbocycles. The minimum atomic E-state index is -4.40. The van der Waals surface area contributed by atoms with Crippen molar-refractivity contribution in [3.05, 3.63) is 59.7 Å². The Bertz CT molecular complexity index is 931. The summed E-state index contributed by atoms with van der Waals surface area (Å²) in [4.78, 5) is 17.6. The first kappa shape index (κ1) is 21.5. The molecule has 0 spiro atoms. The quantitative estimate of drug-likeness (QED) is 0.775. The molecule has 1 fully saturated rings. The molecule has 2 heterocycles. The van der Waals surface area contributed by atoms with Gasteiger partial charge in [-0.15, -0.1) is 0 Å². The van der Waals surface area contributed by atoms with Crippen molar-refractivity contribution in [2.45, 2.75) is 44.9 Å². The van der Waals surface area contributed by atoms with Crippen LogP contribution < -0.4 is 15.1 Å². The molecule has 7 heteroatoms. The SMILES string of the molecule is CC[C@@H](C)NC(=O)[C@H]1Cc2cc(C(F)(F)F)ccc2N2CCN(c3ccccc3)C[C@H]12. The van der Waals surface area contributed by atoms with Gasteiger partial charge in [0.15, 0.2) is 0 Å². The fourth-order valence-corrected chi connectivity index (χ4v) is 4.62. The number of nitrogens with zero attached hydrogens (tertiary/aromatic N) is 2. The van der Waals surface area contributed by atoms with E-state index in [4.69, 9.17) is 0 Å². The van der Waals surface area contributed by atoms with Crippen molar-refractivity contribution in [3.63, 3.8) is 0 Å². The zero-order valence-corrected chi connectivity index (χ0v) is 17.8. The summed E-state index contributed by atoms with van der Waals surface area (Å²) in [7, 11) is 0. The predicted octanol–water partition coefficient (Wildman–Crippen LogP) is 4.49. The van der Waals surface area contributed by atoms with Crippen LogP contribution in [0.4, 0.5) is 24.5 Å². The summed E-state index contributed by atoms with van der Waals surface area (Å²) >= 11 is 0. The van der Waals surface area contributed by atoms with Gasteiger partial charge in [0.25, 0.3) is 0 Å². The van der Waals surface area contributed by atoms with Crippen molar-refractivity contribution < 1.29 is 18.0 Å². The molecule has 3 atom stereocenters. The van der Waals surface area contributed by atoms with Gasteiger partial charge in [-0.05, 0) is 55.7 Å². The summed E-state index contributed by atoms with van der Waals surface area (Å²) in [6, 6.07) is 13.9. The van der Waals surface area contributed by atoms with Gasteiger partial charge in [0.1, 0.15) is 0 Å². The van der Waals surface area contributed by atoms with Crippen molar-refractivity contribution in [3.8, 4) is 0 Å². The van der Waals surface area contributed by atoms with Gasteiger partial charge in [-0.1, -0.05) is 25.1 Å². The van der Waals surface area contributed by atoms with E-state index < -0.39 is 17.7 Å². The number of rotatable bonds is 4. The molecule has 31 heavy (non-hydrogen) atoms. The molecule has 2 aromatic rings. The topological polar surface area (TPSA) is 35.6 Å². The van der Waals surface area contributed by atoms with E-state index in [0.717, 1.165) is 30.4 Å². The van der Waals surface area contributed by atoms with Crippen LogP contribution in [0, 0.1) is 5.92 Å². The maximum atomic E-state index is 13.3. The van der Waals surface area contributed by atoms with E-state index in [0.29, 0.717) is 25.1 Å². The molecule has 0 saturated carbocycles. The number of carbonyl (C=O) groups excluding carboxylic acids is 1. The van der Waals surface area contributed by atoms with Gasteiger partial charge in [0.2, 0.25) is 5.91 Å². The lowest BCUT2D eigenvalue weighted by Crippen LogP contribution is -2.61. The highest BCUT2D eigenvalue weighted by molar-refractivity contribution is 5.82. The predicted molar refractivity (Wildman–Crippen MR) is 116 cm³/mol. The summed E-state index contributed by atoms with van der Waals surface area (Å²) < 4.78 is 39.9. The van der Waals surface area contributed by atoms with Crippen LogP contribution in [0.25, 0.3) is 0 Å². The molecule has 2 aliphatic heterocycles. The zero-order valence-electron chi connectivity index (χ0n) is 17.8. The number of halogens is 3. The first-order chi connectivity index (χ1) is 14.8. The molecule has 4 nitrogen and oxygen atoms in total. The molecule has 0 radical (unpaired) electrons. The van der Waals surface area contributed by atoms with Crippen molar-refractivity contribution in [1.82, 2.24) is 5.32 Å². The third-order valence-electron chi connectivity index (χ3n) is 6.50. The van der Waals surface area contributed by atoms with Gasteiger partial charge >= 0.3 is 6.18 Å². The lowest BCUT2D eigenvalue weighted by Gasteiger charge is -2.50. The second kappa shape index (κ2) is 8.44. The van der Waals surface area contributed by atoms with Gasteiger partial charge in [-0.3, -0.25) is 4.79 Å². The Morgan fingerprint density at radius 3 is 2.58 bits per heavy atom. The Balaban J connectivity index is 1.68. The maximum absolute atomic E-state index is 13.3. The average molecular weight is 432 g/mol. The highest BCUT2D eigenvalue weighted by Gasteiger charge is 2.43. The standard InChI is InChI=1S/C24H28F3N3O/c1-3-16(2)28-23(31)20-14-17-13-18(24(25,26)27)9-10-21(17)30-12-11-29(15-22(20)30)19-7-5-4-6-8-19/h4-10,13,16,20,22H,3,11-12,14-15H2,1-2H3,(H,28,31)/t16-,20+,22-/m1/s1. The van der Waals surface area contributed by atoms with E-state index in [2.05, 4.69) is 27.2 Å². The summed E-state index contributed by atoms with van der Waals surface area (Å²) in [6.07, 6.45) is -3.28. The van der Waals surface area contributed by atoms with Crippen LogP contribution in [0.1, 0.15) is 31.4 Å². The molecule has 1 amide bonds. The number of carbonyl (C=O) groups is 1. The van der Waals surface area contributed by atoms with E-state index in [1.807, 2.05) is 32.0 Å². The van der Waals surface area contributed by atoms with Crippen molar-refractivity contribution in [2.24, 2.45) is 5.92 Å². The summed E-state index contributed by atoms with van der Waals surface area (Å²) in [5.41, 5.74) is 1.86. The van der Waals surface area contributed by atoms with E-state index in [9.17, 15) is 18.0 Å². The summed E-state index contributed by atoms with van der Waals surface area (Å²) in [5.74, 6) is -0.487. The molecule has 0 bridgehead atoms. The number of alkyl halides is 3. The van der Waals surface area contributed by atoms with Crippen molar-refractivity contribution in [2.75, 3.05) is 29.4 Å². The average Bonchev–Trinajstić information content (AvgIpc) is 2.77. The Kier molecular flexibility index (Phi) is 5.86. The number of benzene rings is 2. The van der Waals surface area contributed by atoms with Crippen LogP contribution in [0.3, 0.4) is 0 Å². The number of fused-ring (bicyclic) bond motifs is 3. The maximum Gasteiger partial charge on any atom is 0.416 e. The van der Waals surface area contributed by atoms with Crippen LogP contribution in [-0.4, -0.2) is 37.6 Å². The minimum Gasteiger partial charge on any atom is -0.368 e. The molecule has 166 valence electrons. The fourth-order valence-electron chi connectivity index (χ4n) is 4.62. The third-order valence-corrected chi connectivity index (χ3v) is 6.50. The van der Waals surface area contributed by atoms with E-state index >= 15 is 0 Å². The van der Waals surface area contributed by atoms with Crippen LogP contribution in [-0.2, 0) is 17.4 Å². The van der Waals surface area contributed by atoms with Crippen molar-refractivity contribution >= 4 is 17.3 Å². The molecular formula is C24H28F3N3O. The van der Waals surface area contributed by atoms with E-state index in [-0.39, 0.29) is 18.0 Å². The minimum absolute atomic E-state index is 0.0256. The third kappa shape index (κ3) is 4.36. The number of para-hydroxylation sites is 1. The molecular weight excluding hydrogens is 403 g/mol. The van der Waals surface area contributed by atoms with Gasteiger partial charge < -0.3 is 15.1 Å². The monoisotopic (exact) mass is 431 g/mol. The summed E-state index contributed by atoms with van der Waals surface area (Å²) in [6.45, 7) is 6.01. The largest absolute Gasteiger partial charge is 0.416 e. The summed E-state index contributed by atoms with van der Waals surface area (Å²) in [5, 5.41) is 3.06. The van der Waals surface area contributed by atoms with Crippen LogP contribution in [0.15, 0.2) is 48.5 Å². The molecule has 2 aromatic carbocycles. The Hall–Kier alpha value is -2.70. The number of hydrogen-bond acceptors (Lipinski definition) is 3. The number of anilines is 2. The zero-order chi connectivity index (χ0) is 22.2. The smallest absolute Gasteiger partial charge is 0.368 e. The molecule has 0 unspecified atom stereocenters. The van der Waals surface area contributed by atoms with Crippen LogP contribution in [0.2, 0.25) is 0 Å². The normalized spacial score (nSPS) is 21.8. The second-order valence-corrected chi connectivity index (χ2v) is 8.51. The first-order valence-corrected chi connectivity index (χ1v) is 10.8. The lowest BCUT2D eigenvalue weighted by atomic mass is 9.82. The number of amides is 1. The van der Waals surface area contributed by atoms with Gasteiger partial charge in [-0.2, -0.15) is 13.2 Å². The highest BCUT2D eigenvalue weighted by Crippen LogP contribution is 2.40. The fraction of sp³-hybridized carbons (Fsp3) is 0.458. The molecule has 2 aliphatic rings. The molecule has 0 aromatic heterocycles. The van der Waals surface area contributed by atoms with Crippen molar-refractivity contribution in [1.29, 1.82) is 0 Å². The first-order valence-electron chi connectivity index (χ1n) is 10.8. The Morgan fingerprint density at radius 2 is 1.90 bits per heavy atom. The molecule has 1 N–H and O–H groups in total. The highest BCUT2D eigenvalue weighted by atomic mass is 19.4. The second-order valence-electron chi connectivity index (χ2n) is 8.51. The lowest BCUT2D eigenvalue weighted by molar-refractivity contribution is -0.137. The molecule has 4 rings (SSSR count). The Morgan fingerprint density at radius 1 is 1.16 bits per heavy atom. The number of nitrogens with one attached hydrogen (secondary N) is 1. The van der Waals surface area contributed by atoms with E-state index in [1.165, 1.54) is 6.07 Å². The van der Waals surface area contributed by atoms with Crippen LogP contribution in [0.5, 0.6) is 0 Å². The van der Waals surface area contributed by atoms with Gasteiger partial charge in [0.05, 0.1) is 17.5 Å².